The Kier molecular flexibility index (Phi) is 4.71. The maximum atomic E-state index is 5.28. The minimum absolute atomic E-state index is 0. The van der Waals surface area contributed by atoms with Crippen molar-refractivity contribution in [3.8, 4) is 0 Å². The van der Waals surface area contributed by atoms with Gasteiger partial charge in [-0.25, -0.2) is 0 Å². The summed E-state index contributed by atoms with van der Waals surface area (Å²) in [5, 5.41) is 0. The van der Waals surface area contributed by atoms with Crippen molar-refractivity contribution in [2.45, 2.75) is 59.2 Å². The zero-order valence-corrected chi connectivity index (χ0v) is 6.39. The standard InChI is InChI=1S/C6H10O.C2H6.CH4/c1-2-4-6-5(3-1)7-6;1-2;/h5-6H,1-4H2;1-2H3;1H4. The number of rotatable bonds is 0. The predicted octanol–water partition coefficient (Wildman–Crippen LogP) is 2.99. The van der Waals surface area contributed by atoms with Gasteiger partial charge in [0.1, 0.15) is 0 Å². The van der Waals surface area contributed by atoms with Crippen molar-refractivity contribution in [3.63, 3.8) is 0 Å². The number of hydrogen-bond donors (Lipinski definition) is 0. The molecule has 2 unspecified atom stereocenters. The Labute approximate surface area is 64.8 Å². The molecule has 1 nitrogen and oxygen atoms in total. The molecule has 62 valence electrons. The third-order valence-corrected chi connectivity index (χ3v) is 1.91. The maximum Gasteiger partial charge on any atom is 0.0841 e. The Bertz CT molecular complexity index is 70.8. The summed E-state index contributed by atoms with van der Waals surface area (Å²) < 4.78 is 5.28. The molecular formula is C9H20O. The van der Waals surface area contributed by atoms with Gasteiger partial charge in [0.2, 0.25) is 0 Å². The van der Waals surface area contributed by atoms with Gasteiger partial charge in [-0.3, -0.25) is 0 Å². The SMILES string of the molecule is C.C1CCC2OC2C1.CC. The first-order valence-corrected chi connectivity index (χ1v) is 4.12. The summed E-state index contributed by atoms with van der Waals surface area (Å²) in [4.78, 5) is 0. The summed E-state index contributed by atoms with van der Waals surface area (Å²) in [5.41, 5.74) is 0. The molecule has 0 aromatic carbocycles. The van der Waals surface area contributed by atoms with Crippen molar-refractivity contribution in [2.24, 2.45) is 0 Å². The number of ether oxygens (including phenoxy) is 1. The molecule has 0 aromatic rings. The van der Waals surface area contributed by atoms with E-state index >= 15 is 0 Å². The minimum Gasteiger partial charge on any atom is -0.370 e. The van der Waals surface area contributed by atoms with Crippen molar-refractivity contribution < 1.29 is 4.74 Å². The van der Waals surface area contributed by atoms with E-state index < -0.39 is 0 Å². The van der Waals surface area contributed by atoms with Crippen LogP contribution in [0.25, 0.3) is 0 Å². The summed E-state index contributed by atoms with van der Waals surface area (Å²) in [7, 11) is 0. The first-order chi connectivity index (χ1) is 4.47. The zero-order chi connectivity index (χ0) is 6.69. The van der Waals surface area contributed by atoms with Crippen molar-refractivity contribution in [3.05, 3.63) is 0 Å². The second-order valence-corrected chi connectivity index (χ2v) is 2.50. The van der Waals surface area contributed by atoms with Crippen LogP contribution in [0, 0.1) is 0 Å². The molecule has 1 saturated carbocycles. The van der Waals surface area contributed by atoms with Crippen LogP contribution in [-0.2, 0) is 4.74 Å². The molecule has 0 bridgehead atoms. The summed E-state index contributed by atoms with van der Waals surface area (Å²) in [6.45, 7) is 4.00. The predicted molar refractivity (Wildman–Crippen MR) is 45.2 cm³/mol. The first kappa shape index (κ1) is 9.96. The molecule has 0 radical (unpaired) electrons. The van der Waals surface area contributed by atoms with Crippen LogP contribution >= 0.6 is 0 Å². The molecule has 2 atom stereocenters. The van der Waals surface area contributed by atoms with Gasteiger partial charge in [0.25, 0.3) is 0 Å². The van der Waals surface area contributed by atoms with Gasteiger partial charge in [0, 0.05) is 0 Å². The average molecular weight is 144 g/mol. The van der Waals surface area contributed by atoms with E-state index in [2.05, 4.69) is 0 Å². The van der Waals surface area contributed by atoms with Crippen molar-refractivity contribution in [1.82, 2.24) is 0 Å². The van der Waals surface area contributed by atoms with Crippen LogP contribution in [0.2, 0.25) is 0 Å². The van der Waals surface area contributed by atoms with Crippen LogP contribution in [0.5, 0.6) is 0 Å². The molecule has 1 heterocycles. The fourth-order valence-corrected chi connectivity index (χ4v) is 1.38. The molecule has 1 aliphatic carbocycles. The third-order valence-electron chi connectivity index (χ3n) is 1.91. The van der Waals surface area contributed by atoms with E-state index in [9.17, 15) is 0 Å². The molecular weight excluding hydrogens is 124 g/mol. The lowest BCUT2D eigenvalue weighted by atomic mass is 10.0. The fourth-order valence-electron chi connectivity index (χ4n) is 1.38. The molecule has 0 spiro atoms. The Hall–Kier alpha value is -0.0400. The van der Waals surface area contributed by atoms with Gasteiger partial charge in [0.05, 0.1) is 12.2 Å². The van der Waals surface area contributed by atoms with Gasteiger partial charge in [-0.15, -0.1) is 0 Å². The highest BCUT2D eigenvalue weighted by atomic mass is 16.6. The lowest BCUT2D eigenvalue weighted by molar-refractivity contribution is 0.373. The Morgan fingerprint density at radius 3 is 1.70 bits per heavy atom. The van der Waals surface area contributed by atoms with Crippen molar-refractivity contribution in [2.75, 3.05) is 0 Å². The Morgan fingerprint density at radius 2 is 1.40 bits per heavy atom. The highest BCUT2D eigenvalue weighted by molar-refractivity contribution is 4.87. The van der Waals surface area contributed by atoms with Crippen molar-refractivity contribution >= 4 is 0 Å². The summed E-state index contributed by atoms with van der Waals surface area (Å²) in [5.74, 6) is 0. The first-order valence-electron chi connectivity index (χ1n) is 4.12. The summed E-state index contributed by atoms with van der Waals surface area (Å²) >= 11 is 0. The molecule has 1 saturated heterocycles. The van der Waals surface area contributed by atoms with Gasteiger partial charge in [-0.05, 0) is 12.8 Å². The fraction of sp³-hybridized carbons (Fsp3) is 1.00. The van der Waals surface area contributed by atoms with E-state index in [0.29, 0.717) is 12.2 Å². The quantitative estimate of drug-likeness (QED) is 0.476. The highest BCUT2D eigenvalue weighted by Gasteiger charge is 2.39. The van der Waals surface area contributed by atoms with Crippen LogP contribution < -0.4 is 0 Å². The second-order valence-electron chi connectivity index (χ2n) is 2.50. The maximum absolute atomic E-state index is 5.28. The van der Waals surface area contributed by atoms with E-state index in [-0.39, 0.29) is 7.43 Å². The van der Waals surface area contributed by atoms with Crippen LogP contribution in [0.15, 0.2) is 0 Å². The highest BCUT2D eigenvalue weighted by Crippen LogP contribution is 2.35. The van der Waals surface area contributed by atoms with E-state index in [1.165, 1.54) is 25.7 Å². The van der Waals surface area contributed by atoms with E-state index in [0.717, 1.165) is 0 Å². The number of hydrogen-bond acceptors (Lipinski definition) is 1. The smallest absolute Gasteiger partial charge is 0.0841 e. The molecule has 0 amide bonds. The Balaban J connectivity index is 0.000000251. The zero-order valence-electron chi connectivity index (χ0n) is 6.39. The number of fused-ring (bicyclic) bond motifs is 1. The third kappa shape index (κ3) is 2.30. The molecule has 2 aliphatic rings. The molecule has 0 N–H and O–H groups in total. The molecule has 2 fully saturated rings. The number of epoxide rings is 1. The van der Waals surface area contributed by atoms with E-state index in [1.807, 2.05) is 13.8 Å². The molecule has 2 rings (SSSR count). The topological polar surface area (TPSA) is 12.5 Å². The van der Waals surface area contributed by atoms with Gasteiger partial charge in [-0.2, -0.15) is 0 Å². The lowest BCUT2D eigenvalue weighted by Crippen LogP contribution is -2.00. The van der Waals surface area contributed by atoms with E-state index in [1.54, 1.807) is 0 Å². The van der Waals surface area contributed by atoms with E-state index in [4.69, 9.17) is 4.74 Å². The largest absolute Gasteiger partial charge is 0.370 e. The molecule has 10 heavy (non-hydrogen) atoms. The van der Waals surface area contributed by atoms with Gasteiger partial charge >= 0.3 is 0 Å². The van der Waals surface area contributed by atoms with Gasteiger partial charge in [0.15, 0.2) is 0 Å². The normalized spacial score (nSPS) is 34.2. The van der Waals surface area contributed by atoms with Crippen LogP contribution in [0.4, 0.5) is 0 Å². The van der Waals surface area contributed by atoms with Crippen molar-refractivity contribution in [1.29, 1.82) is 0 Å². The molecule has 0 aromatic heterocycles. The van der Waals surface area contributed by atoms with Crippen LogP contribution in [0.1, 0.15) is 47.0 Å². The Morgan fingerprint density at radius 1 is 1.00 bits per heavy atom. The lowest BCUT2D eigenvalue weighted by Gasteiger charge is -2.00. The minimum atomic E-state index is 0. The summed E-state index contributed by atoms with van der Waals surface area (Å²) in [6.07, 6.45) is 6.89. The monoisotopic (exact) mass is 144 g/mol. The summed E-state index contributed by atoms with van der Waals surface area (Å²) in [6, 6.07) is 0. The molecule has 1 aliphatic heterocycles. The van der Waals surface area contributed by atoms with Gasteiger partial charge < -0.3 is 4.74 Å². The van der Waals surface area contributed by atoms with Crippen LogP contribution in [-0.4, -0.2) is 12.2 Å². The molecule has 1 heteroatoms. The second kappa shape index (κ2) is 4.73. The van der Waals surface area contributed by atoms with Gasteiger partial charge in [-0.1, -0.05) is 34.1 Å². The van der Waals surface area contributed by atoms with Crippen LogP contribution in [0.3, 0.4) is 0 Å². The average Bonchev–Trinajstić information content (AvgIpc) is 2.69.